The molecule has 0 amide bonds. The van der Waals surface area contributed by atoms with Crippen molar-refractivity contribution in [3.63, 3.8) is 0 Å². The SMILES string of the molecule is CC(=O)Oc1c(C)cc2oc(=O)c3ccc4ccccc4c3c2c1C. The van der Waals surface area contributed by atoms with E-state index in [0.29, 0.717) is 16.7 Å². The molecule has 4 aromatic rings. The fraction of sp³-hybridized carbons (Fsp3) is 0.143. The van der Waals surface area contributed by atoms with E-state index in [-0.39, 0.29) is 11.6 Å². The second-order valence-electron chi connectivity index (χ2n) is 6.21. The van der Waals surface area contributed by atoms with Crippen LogP contribution in [0.2, 0.25) is 0 Å². The lowest BCUT2D eigenvalue weighted by Gasteiger charge is -2.14. The van der Waals surface area contributed by atoms with Crippen LogP contribution in [0.3, 0.4) is 0 Å². The van der Waals surface area contributed by atoms with E-state index in [1.165, 1.54) is 6.92 Å². The van der Waals surface area contributed by atoms with Gasteiger partial charge in [0.15, 0.2) is 0 Å². The lowest BCUT2D eigenvalue weighted by atomic mass is 9.96. The van der Waals surface area contributed by atoms with Crippen molar-refractivity contribution in [3.05, 3.63) is 64.0 Å². The molecular formula is C21H16O4. The maximum absolute atomic E-state index is 12.5. The summed E-state index contributed by atoms with van der Waals surface area (Å²) in [5.41, 5.74) is 1.67. The van der Waals surface area contributed by atoms with Gasteiger partial charge in [-0.15, -0.1) is 0 Å². The third-order valence-electron chi connectivity index (χ3n) is 4.52. The number of aryl methyl sites for hydroxylation is 2. The maximum Gasteiger partial charge on any atom is 0.344 e. The smallest absolute Gasteiger partial charge is 0.344 e. The second-order valence-corrected chi connectivity index (χ2v) is 6.21. The summed E-state index contributed by atoms with van der Waals surface area (Å²) in [6, 6.07) is 13.3. The zero-order chi connectivity index (χ0) is 17.7. The molecule has 0 fully saturated rings. The molecule has 124 valence electrons. The van der Waals surface area contributed by atoms with Gasteiger partial charge in [0.1, 0.15) is 11.3 Å². The molecular weight excluding hydrogens is 316 g/mol. The number of carbonyl (C=O) groups excluding carboxylic acids is 1. The van der Waals surface area contributed by atoms with Crippen LogP contribution in [0.15, 0.2) is 51.7 Å². The van der Waals surface area contributed by atoms with Crippen molar-refractivity contribution in [2.45, 2.75) is 20.8 Å². The summed E-state index contributed by atoms with van der Waals surface area (Å²) in [7, 11) is 0. The highest BCUT2D eigenvalue weighted by molar-refractivity contribution is 6.19. The molecule has 0 saturated heterocycles. The molecule has 4 nitrogen and oxygen atoms in total. The first-order valence-corrected chi connectivity index (χ1v) is 8.04. The van der Waals surface area contributed by atoms with Gasteiger partial charge in [-0.1, -0.05) is 30.3 Å². The Morgan fingerprint density at radius 2 is 1.76 bits per heavy atom. The summed E-state index contributed by atoms with van der Waals surface area (Å²) in [6.45, 7) is 5.09. The Labute approximate surface area is 143 Å². The molecule has 0 spiro atoms. The number of hydrogen-bond acceptors (Lipinski definition) is 4. The van der Waals surface area contributed by atoms with Gasteiger partial charge in [0.2, 0.25) is 0 Å². The highest BCUT2D eigenvalue weighted by Crippen LogP contribution is 2.37. The first kappa shape index (κ1) is 15.4. The van der Waals surface area contributed by atoms with Crippen molar-refractivity contribution in [2.75, 3.05) is 0 Å². The quantitative estimate of drug-likeness (QED) is 0.220. The average Bonchev–Trinajstić information content (AvgIpc) is 2.58. The number of fused-ring (bicyclic) bond motifs is 5. The van der Waals surface area contributed by atoms with Crippen molar-refractivity contribution in [1.82, 2.24) is 0 Å². The zero-order valence-corrected chi connectivity index (χ0v) is 14.2. The third-order valence-corrected chi connectivity index (χ3v) is 4.52. The minimum Gasteiger partial charge on any atom is -0.426 e. The van der Waals surface area contributed by atoms with E-state index in [9.17, 15) is 9.59 Å². The van der Waals surface area contributed by atoms with Crippen molar-refractivity contribution >= 4 is 38.5 Å². The molecule has 0 aliphatic heterocycles. The molecule has 3 aromatic carbocycles. The molecule has 0 aliphatic rings. The summed E-state index contributed by atoms with van der Waals surface area (Å²) >= 11 is 0. The Morgan fingerprint density at radius 3 is 2.52 bits per heavy atom. The van der Waals surface area contributed by atoms with Crippen molar-refractivity contribution < 1.29 is 13.9 Å². The Kier molecular flexibility index (Phi) is 3.35. The van der Waals surface area contributed by atoms with Crippen LogP contribution >= 0.6 is 0 Å². The monoisotopic (exact) mass is 332 g/mol. The molecule has 0 radical (unpaired) electrons. The Hall–Kier alpha value is -3.14. The van der Waals surface area contributed by atoms with Crippen LogP contribution < -0.4 is 10.4 Å². The largest absolute Gasteiger partial charge is 0.426 e. The van der Waals surface area contributed by atoms with Gasteiger partial charge in [-0.3, -0.25) is 4.79 Å². The first-order valence-electron chi connectivity index (χ1n) is 8.04. The Bertz CT molecular complexity index is 1230. The first-order chi connectivity index (χ1) is 12.0. The minimum absolute atomic E-state index is 0.368. The van der Waals surface area contributed by atoms with Gasteiger partial charge in [-0.25, -0.2) is 4.79 Å². The molecule has 0 unspecified atom stereocenters. The molecule has 0 N–H and O–H groups in total. The molecule has 0 saturated carbocycles. The lowest BCUT2D eigenvalue weighted by molar-refractivity contribution is -0.131. The molecule has 25 heavy (non-hydrogen) atoms. The van der Waals surface area contributed by atoms with E-state index >= 15 is 0 Å². The van der Waals surface area contributed by atoms with Crippen molar-refractivity contribution in [1.29, 1.82) is 0 Å². The van der Waals surface area contributed by atoms with E-state index < -0.39 is 0 Å². The fourth-order valence-corrected chi connectivity index (χ4v) is 3.49. The second kappa shape index (κ2) is 5.45. The van der Waals surface area contributed by atoms with Gasteiger partial charge < -0.3 is 9.15 Å². The van der Waals surface area contributed by atoms with Gasteiger partial charge in [-0.2, -0.15) is 0 Å². The zero-order valence-electron chi connectivity index (χ0n) is 14.2. The van der Waals surface area contributed by atoms with Gasteiger partial charge in [0.05, 0.1) is 5.39 Å². The maximum atomic E-state index is 12.5. The number of ether oxygens (including phenoxy) is 1. The number of rotatable bonds is 1. The van der Waals surface area contributed by atoms with E-state index in [1.807, 2.05) is 44.2 Å². The van der Waals surface area contributed by atoms with E-state index in [4.69, 9.17) is 9.15 Å². The van der Waals surface area contributed by atoms with E-state index in [0.717, 1.165) is 32.7 Å². The van der Waals surface area contributed by atoms with Crippen LogP contribution in [0.5, 0.6) is 5.75 Å². The van der Waals surface area contributed by atoms with Gasteiger partial charge in [0, 0.05) is 23.3 Å². The Morgan fingerprint density at radius 1 is 1.00 bits per heavy atom. The van der Waals surface area contributed by atoms with Crippen LogP contribution in [0.25, 0.3) is 32.5 Å². The predicted molar refractivity (Wildman–Crippen MR) is 98.3 cm³/mol. The van der Waals surface area contributed by atoms with Crippen LogP contribution in [-0.4, -0.2) is 5.97 Å². The molecule has 0 atom stereocenters. The fourth-order valence-electron chi connectivity index (χ4n) is 3.49. The van der Waals surface area contributed by atoms with Gasteiger partial charge >= 0.3 is 11.6 Å². The Balaban J connectivity index is 2.30. The van der Waals surface area contributed by atoms with Crippen molar-refractivity contribution in [3.8, 4) is 5.75 Å². The third kappa shape index (κ3) is 2.30. The normalized spacial score (nSPS) is 11.3. The molecule has 4 heteroatoms. The number of carbonyl (C=O) groups is 1. The van der Waals surface area contributed by atoms with Crippen LogP contribution in [0.4, 0.5) is 0 Å². The molecule has 0 bridgehead atoms. The minimum atomic E-state index is -0.378. The highest BCUT2D eigenvalue weighted by Gasteiger charge is 2.18. The lowest BCUT2D eigenvalue weighted by Crippen LogP contribution is -2.06. The summed E-state index contributed by atoms with van der Waals surface area (Å²) in [6.07, 6.45) is 0. The predicted octanol–water partition coefficient (Wildman–Crippen LogP) is 4.64. The molecule has 1 aromatic heterocycles. The van der Waals surface area contributed by atoms with Crippen LogP contribution in [0, 0.1) is 13.8 Å². The molecule has 4 rings (SSSR count). The number of hydrogen-bond donors (Lipinski definition) is 0. The van der Waals surface area contributed by atoms with Crippen LogP contribution in [0.1, 0.15) is 18.1 Å². The van der Waals surface area contributed by atoms with Gasteiger partial charge in [0.25, 0.3) is 0 Å². The van der Waals surface area contributed by atoms with Crippen LogP contribution in [-0.2, 0) is 4.79 Å². The van der Waals surface area contributed by atoms with Crippen molar-refractivity contribution in [2.24, 2.45) is 0 Å². The summed E-state index contributed by atoms with van der Waals surface area (Å²) in [5, 5.41) is 4.16. The number of benzene rings is 3. The average molecular weight is 332 g/mol. The number of esters is 1. The highest BCUT2D eigenvalue weighted by atomic mass is 16.5. The molecule has 0 aliphatic carbocycles. The topological polar surface area (TPSA) is 56.5 Å². The summed E-state index contributed by atoms with van der Waals surface area (Å²) in [5.74, 6) is 0.139. The molecule has 1 heterocycles. The van der Waals surface area contributed by atoms with E-state index in [2.05, 4.69) is 0 Å². The standard InChI is InChI=1S/C21H16O4/c1-11-10-17-18(12(2)20(11)24-13(3)22)19-15-7-5-4-6-14(15)8-9-16(19)21(23)25-17/h4-10H,1-3H3. The van der Waals surface area contributed by atoms with Gasteiger partial charge in [-0.05, 0) is 42.3 Å². The van der Waals surface area contributed by atoms with E-state index in [1.54, 1.807) is 12.1 Å². The summed E-state index contributed by atoms with van der Waals surface area (Å²) < 4.78 is 11.0. The summed E-state index contributed by atoms with van der Waals surface area (Å²) in [4.78, 5) is 24.0.